The Kier molecular flexibility index (Phi) is 26.7. The van der Waals surface area contributed by atoms with E-state index in [1.807, 2.05) is 5.32 Å². The third kappa shape index (κ3) is 18.9. The zero-order valence-electron chi connectivity index (χ0n) is 62.3. The van der Waals surface area contributed by atoms with Crippen molar-refractivity contribution < 1.29 is 88.1 Å². The molecule has 9 heterocycles. The molecule has 602 valence electrons. The highest BCUT2D eigenvalue weighted by Gasteiger charge is 2.52. The van der Waals surface area contributed by atoms with E-state index in [0.29, 0.717) is 0 Å². The first-order valence-electron chi connectivity index (χ1n) is 35.2. The molecule has 1 aliphatic carbocycles. The van der Waals surface area contributed by atoms with Crippen LogP contribution in [0.1, 0.15) is 198 Å². The van der Waals surface area contributed by atoms with Crippen LogP contribution in [0.4, 0.5) is 0 Å². The number of carbonyl (C=O) groups excluding carboxylic acids is 10. The van der Waals surface area contributed by atoms with Crippen molar-refractivity contribution in [2.45, 2.75) is 184 Å². The molecule has 17 unspecified atom stereocenters. The predicted molar refractivity (Wildman–Crippen MR) is 419 cm³/mol. The van der Waals surface area contributed by atoms with E-state index in [1.165, 1.54) is 76.7 Å². The minimum absolute atomic E-state index is 0.0182. The lowest BCUT2D eigenvalue weighted by molar-refractivity contribution is -0.134. The van der Waals surface area contributed by atoms with Crippen LogP contribution in [0.25, 0.3) is 6.08 Å². The number of thiocarbonyl (C=S) groups is 1. The van der Waals surface area contributed by atoms with E-state index in [0.717, 1.165) is 57.1 Å². The largest absolute Gasteiger partial charge is 0.477 e. The highest BCUT2D eigenvalue weighted by molar-refractivity contribution is 8.14. The molecule has 13 bridgehead atoms. The van der Waals surface area contributed by atoms with Crippen molar-refractivity contribution in [2.75, 3.05) is 5.75 Å². The van der Waals surface area contributed by atoms with Crippen LogP contribution in [0.3, 0.4) is 0 Å². The number of carboxylic acid groups (broad SMARTS) is 1. The molecule has 36 nitrogen and oxygen atoms in total. The van der Waals surface area contributed by atoms with E-state index in [4.69, 9.17) is 31.9 Å². The topological polar surface area (TPSA) is 540 Å². The molecule has 0 spiro atoms. The summed E-state index contributed by atoms with van der Waals surface area (Å²) in [6, 6.07) is -11.8. The van der Waals surface area contributed by atoms with Gasteiger partial charge in [0, 0.05) is 32.8 Å². The van der Waals surface area contributed by atoms with Crippen molar-refractivity contribution in [3.05, 3.63) is 148 Å². The van der Waals surface area contributed by atoms with Gasteiger partial charge in [0.05, 0.1) is 71.0 Å². The van der Waals surface area contributed by atoms with Crippen molar-refractivity contribution in [2.24, 2.45) is 10.9 Å². The average molecular weight is 1670 g/mol. The Morgan fingerprint density at radius 3 is 2.12 bits per heavy atom. The molecular weight excluding hydrogens is 1590 g/mol. The molecule has 0 saturated carbocycles. The van der Waals surface area contributed by atoms with Gasteiger partial charge in [-0.15, -0.1) is 57.1 Å². The lowest BCUT2D eigenvalue weighted by Gasteiger charge is -2.46. The molecule has 42 heteroatoms. The second-order valence-corrected chi connectivity index (χ2v) is 32.8. The van der Waals surface area contributed by atoms with E-state index < -0.39 is 196 Å². The molecule has 5 aliphatic rings. The van der Waals surface area contributed by atoms with Gasteiger partial charge in [0.25, 0.3) is 23.6 Å². The van der Waals surface area contributed by atoms with E-state index in [2.05, 4.69) is 93.2 Å². The summed E-state index contributed by atoms with van der Waals surface area (Å²) < 4.78 is 6.35. The van der Waals surface area contributed by atoms with Crippen LogP contribution in [-0.4, -0.2) is 197 Å². The number of carbonyl (C=O) groups is 11. The van der Waals surface area contributed by atoms with Crippen LogP contribution in [-0.2, 0) is 48.6 Å². The number of thioether (sulfide) groups is 1. The highest BCUT2D eigenvalue weighted by Crippen LogP contribution is 2.49. The minimum atomic E-state index is -2.14. The number of aliphatic imine (C=N–C) groups is 1. The number of rotatable bonds is 11. The molecule has 9 amide bonds. The van der Waals surface area contributed by atoms with Crippen LogP contribution >= 0.6 is 69.3 Å². The van der Waals surface area contributed by atoms with Gasteiger partial charge in [0.1, 0.15) is 118 Å². The number of aromatic nitrogens is 5. The average Bonchev–Trinajstić information content (AvgIpc) is 1.72. The van der Waals surface area contributed by atoms with Crippen LogP contribution in [0.2, 0.25) is 0 Å². The lowest BCUT2D eigenvalue weighted by Crippen LogP contribution is -2.61. The first kappa shape index (κ1) is 85.6. The summed E-state index contributed by atoms with van der Waals surface area (Å²) in [5, 5.41) is 106. The molecule has 4 aliphatic heterocycles. The third-order valence-corrected chi connectivity index (χ3v) is 24.4. The molecule has 5 aromatic heterocycles. The number of aliphatic hydroxyl groups excluding tert-OH is 4. The Hall–Kier alpha value is -9.83. The zero-order valence-corrected chi connectivity index (χ0v) is 67.2. The Balaban J connectivity index is 1.16. The summed E-state index contributed by atoms with van der Waals surface area (Å²) in [5.74, 6) is -11.5. The molecule has 10 rings (SSSR count). The van der Waals surface area contributed by atoms with Crippen molar-refractivity contribution in [1.82, 2.24) is 88.7 Å². The summed E-state index contributed by atoms with van der Waals surface area (Å²) in [7, 11) is 0. The Morgan fingerprint density at radius 1 is 0.752 bits per heavy atom. The Labute approximate surface area is 671 Å². The van der Waals surface area contributed by atoms with Gasteiger partial charge in [-0.05, 0) is 85.8 Å². The number of aliphatic carboxylic acids is 1. The molecule has 0 aromatic carbocycles. The number of thiazole rings is 4. The van der Waals surface area contributed by atoms with Gasteiger partial charge < -0.3 is 88.5 Å². The fraction of sp³-hybridized carbons (Fsp3) is 0.437. The number of nitrogens with zero attached hydrogens (tertiary/aromatic N) is 6. The Morgan fingerprint density at radius 2 is 1.44 bits per heavy atom. The normalized spacial score (nSPS) is 27.5. The van der Waals surface area contributed by atoms with Gasteiger partial charge >= 0.3 is 11.9 Å². The molecule has 113 heavy (non-hydrogen) atoms. The van der Waals surface area contributed by atoms with E-state index in [-0.39, 0.29) is 94.0 Å². The van der Waals surface area contributed by atoms with Gasteiger partial charge in [0.2, 0.25) is 29.5 Å². The smallest absolute Gasteiger partial charge is 0.357 e. The van der Waals surface area contributed by atoms with Crippen molar-refractivity contribution >= 4 is 151 Å². The van der Waals surface area contributed by atoms with Gasteiger partial charge in [-0.1, -0.05) is 64.0 Å². The number of fused-ring (bicyclic) bond motifs is 7. The summed E-state index contributed by atoms with van der Waals surface area (Å²) in [6.45, 7) is 24.9. The third-order valence-electron chi connectivity index (χ3n) is 19.1. The summed E-state index contributed by atoms with van der Waals surface area (Å²) in [6.07, 6.45) is -3.02. The SMILES string of the molecule is C=C(NC(=O)C(=C)NC(=O)c1csc(C2CCC34NC(=O)C(C)NC(=O)C(=C)NC(=O)C(C)NC(=O)C(C(C)C)NC5C=Cc6c(C(C)O)cc(nc6C5O)C(=O)OC(C)C(NC(=S)c5csc(n5)C(C(C)(O)C(C)O)NC(=O)C5CSC(=N5)/C(=C\C)NC(=O)C(C(C)O)NC(=O)c5csc3n5)c3nc(cs3)C4N2)n1)C(=O)O. The number of esters is 1. The summed E-state index contributed by atoms with van der Waals surface area (Å²) in [5.41, 5.74) is -6.44. The number of carboxylic acids is 1. The van der Waals surface area contributed by atoms with E-state index in [1.54, 1.807) is 38.3 Å². The van der Waals surface area contributed by atoms with Crippen LogP contribution < -0.4 is 63.8 Å². The van der Waals surface area contributed by atoms with Crippen molar-refractivity contribution in [3.63, 3.8) is 0 Å². The van der Waals surface area contributed by atoms with Gasteiger partial charge in [0.15, 0.2) is 0 Å². The number of hydrogen-bond donors (Lipinski definition) is 18. The lowest BCUT2D eigenvalue weighted by atomic mass is 9.78. The number of hydrogen-bond acceptors (Lipinski definition) is 31. The van der Waals surface area contributed by atoms with Gasteiger partial charge in [-0.3, -0.25) is 58.8 Å². The second-order valence-electron chi connectivity index (χ2n) is 27.8. The number of cyclic esters (lactones) is 1. The maximum Gasteiger partial charge on any atom is 0.357 e. The number of pyridine rings is 1. The number of allylic oxidation sites excluding steroid dienone is 1. The molecule has 1 saturated heterocycles. The number of aliphatic hydroxyl groups is 5. The maximum atomic E-state index is 15.4. The quantitative estimate of drug-likeness (QED) is 0.0504. The molecular formula is C71H84N18O18S6. The first-order chi connectivity index (χ1) is 53.2. The fourth-order valence-electron chi connectivity index (χ4n) is 12.4. The van der Waals surface area contributed by atoms with Crippen LogP contribution in [0, 0.1) is 5.92 Å². The molecule has 0 radical (unpaired) electrons. The minimum Gasteiger partial charge on any atom is -0.477 e. The fourth-order valence-corrected chi connectivity index (χ4v) is 17.7. The predicted octanol–water partition coefficient (Wildman–Crippen LogP) is 1.36. The first-order valence-corrected chi connectivity index (χ1v) is 40.1. The number of amides is 9. The van der Waals surface area contributed by atoms with Crippen LogP contribution in [0.15, 0.2) is 87.3 Å². The number of piperidine rings is 1. The molecule has 17 atom stereocenters. The summed E-state index contributed by atoms with van der Waals surface area (Å²) in [4.78, 5) is 183. The van der Waals surface area contributed by atoms with Crippen molar-refractivity contribution in [3.8, 4) is 0 Å². The molecule has 1 fully saturated rings. The Bertz CT molecular complexity index is 4790. The second kappa shape index (κ2) is 35.3. The van der Waals surface area contributed by atoms with E-state index >= 15 is 9.59 Å². The molecule has 18 N–H and O–H groups in total. The van der Waals surface area contributed by atoms with Crippen LogP contribution in [0.5, 0.6) is 0 Å². The maximum absolute atomic E-state index is 15.4. The highest BCUT2D eigenvalue weighted by atomic mass is 32.2. The number of nitrogens with one attached hydrogen (secondary N) is 12. The van der Waals surface area contributed by atoms with Gasteiger partial charge in [-0.25, -0.2) is 34.5 Å². The van der Waals surface area contributed by atoms with Crippen molar-refractivity contribution in [1.29, 1.82) is 0 Å². The monoisotopic (exact) mass is 1670 g/mol. The number of ether oxygens (including phenoxy) is 1. The summed E-state index contributed by atoms with van der Waals surface area (Å²) >= 11 is 11.0. The zero-order chi connectivity index (χ0) is 82.7. The van der Waals surface area contributed by atoms with Gasteiger partial charge in [-0.2, -0.15) is 0 Å². The van der Waals surface area contributed by atoms with E-state index in [9.17, 15) is 73.8 Å². The molecule has 5 aromatic rings. The standard InChI is InChI=1S/C71H84N18O18S6/c1-14-37-63-82-43(22-109-63)59(100)88-52(70(13,106)34(12)92)66-84-45(24-112-66)62(108)87-48-33(11)107-68(105)40-19-36(31(9)90)35-15-16-38(50(93)49(35)78-40)77-46(25(2)3)60(101)75-28(6)54(95)72-26(4)53(94)73-29(7)56(97)89-71(69-85-44(23-113-69)58(99)86-47(32(10)91)61(102)80-37)18-17-39(79-51(71)41-20-111-65(48)81-41)64-83-42(21-110-64)57(98)74-27(5)55(96)76-30(8)67(103)104/h14-16,19-21,23-25,28-29,31-34,38-39,43,46-48,50-52,77,79,90-93,106H,4-5,8,17-18,22H2,1-3,6-7,9-13H3,(H,72,95)(H,73,94)(H,74,98)(H,75,101)(H,76,96)(H,80,102)(H,86,99)(H,87,108)(H,88,100)(H,89,97)(H,103,104)/b37-14+.